The van der Waals surface area contributed by atoms with E-state index < -0.39 is 34.4 Å². The summed E-state index contributed by atoms with van der Waals surface area (Å²) >= 11 is 9.93. The zero-order valence-electron chi connectivity index (χ0n) is 15.3. The Morgan fingerprint density at radius 3 is 2.59 bits per heavy atom. The number of thiocarbonyl (C=S) groups is 1. The molecule has 0 aliphatic heterocycles. The maximum absolute atomic E-state index is 12.6. The summed E-state index contributed by atoms with van der Waals surface area (Å²) in [4.78, 5) is 16.4. The molecule has 0 saturated heterocycles. The number of benzene rings is 1. The average Bonchev–Trinajstić information content (AvgIpc) is 3.09. The SMILES string of the molecule is Cc1ccc(N=C=S)c(C)c1COC(=O)C1C(C=C(Cl)C(F)(F)F)C1(C)C. The molecule has 1 aliphatic rings. The molecule has 0 heterocycles. The number of rotatable bonds is 5. The summed E-state index contributed by atoms with van der Waals surface area (Å²) in [6.07, 6.45) is -3.72. The smallest absolute Gasteiger partial charge is 0.426 e. The highest BCUT2D eigenvalue weighted by atomic mass is 35.5. The molecule has 8 heteroatoms. The first kappa shape index (κ1) is 21.6. The molecule has 2 atom stereocenters. The Morgan fingerprint density at radius 1 is 1.41 bits per heavy atom. The Bertz CT molecular complexity index is 842. The fourth-order valence-corrected chi connectivity index (χ4v) is 3.43. The van der Waals surface area contributed by atoms with Gasteiger partial charge in [-0.25, -0.2) is 0 Å². The van der Waals surface area contributed by atoms with Crippen LogP contribution in [-0.2, 0) is 16.1 Å². The van der Waals surface area contributed by atoms with Crippen LogP contribution in [0.2, 0.25) is 0 Å². The third kappa shape index (κ3) is 4.60. The predicted molar refractivity (Wildman–Crippen MR) is 101 cm³/mol. The van der Waals surface area contributed by atoms with E-state index in [0.29, 0.717) is 5.69 Å². The topological polar surface area (TPSA) is 38.7 Å². The highest BCUT2D eigenvalue weighted by molar-refractivity contribution is 7.78. The van der Waals surface area contributed by atoms with Gasteiger partial charge in [0.2, 0.25) is 0 Å². The molecule has 1 aromatic rings. The van der Waals surface area contributed by atoms with Gasteiger partial charge in [0.25, 0.3) is 0 Å². The summed E-state index contributed by atoms with van der Waals surface area (Å²) in [6.45, 7) is 7.14. The van der Waals surface area contributed by atoms with Gasteiger partial charge < -0.3 is 4.74 Å². The lowest BCUT2D eigenvalue weighted by Crippen LogP contribution is -2.12. The van der Waals surface area contributed by atoms with Crippen LogP contribution < -0.4 is 0 Å². The normalized spacial score (nSPS) is 21.4. The van der Waals surface area contributed by atoms with Gasteiger partial charge in [0, 0.05) is 0 Å². The Hall–Kier alpha value is -1.69. The van der Waals surface area contributed by atoms with Crippen molar-refractivity contribution in [3.8, 4) is 0 Å². The van der Waals surface area contributed by atoms with Gasteiger partial charge in [-0.05, 0) is 60.2 Å². The fourth-order valence-electron chi connectivity index (χ4n) is 3.20. The largest absolute Gasteiger partial charge is 0.461 e. The molecule has 1 fully saturated rings. The van der Waals surface area contributed by atoms with Crippen LogP contribution >= 0.6 is 23.8 Å². The Morgan fingerprint density at radius 2 is 2.04 bits per heavy atom. The Balaban J connectivity index is 2.13. The first-order valence-electron chi connectivity index (χ1n) is 8.19. The van der Waals surface area contributed by atoms with E-state index in [2.05, 4.69) is 22.4 Å². The van der Waals surface area contributed by atoms with E-state index in [4.69, 9.17) is 16.3 Å². The molecule has 0 aromatic heterocycles. The number of aliphatic imine (C=N–C) groups is 1. The van der Waals surface area contributed by atoms with Crippen LogP contribution in [0.3, 0.4) is 0 Å². The van der Waals surface area contributed by atoms with Gasteiger partial charge >= 0.3 is 12.1 Å². The Kier molecular flexibility index (Phi) is 6.19. The van der Waals surface area contributed by atoms with Crippen LogP contribution in [0.15, 0.2) is 28.2 Å². The molecule has 2 rings (SSSR count). The lowest BCUT2D eigenvalue weighted by molar-refractivity contribution is -0.147. The molecule has 0 bridgehead atoms. The van der Waals surface area contributed by atoms with Crippen LogP contribution in [0.4, 0.5) is 18.9 Å². The maximum atomic E-state index is 12.6. The summed E-state index contributed by atoms with van der Waals surface area (Å²) < 4.78 is 43.3. The minimum absolute atomic E-state index is 0.00725. The number of nitrogens with zero attached hydrogens (tertiary/aromatic N) is 1. The van der Waals surface area contributed by atoms with Gasteiger partial charge in [0.05, 0.1) is 16.8 Å². The summed E-state index contributed by atoms with van der Waals surface area (Å²) in [5.41, 5.74) is 2.50. The van der Waals surface area contributed by atoms with Crippen molar-refractivity contribution in [3.05, 3.63) is 39.9 Å². The molecular formula is C19H19ClF3NO2S. The number of allylic oxidation sites excluding steroid dienone is 2. The molecular weight excluding hydrogens is 399 g/mol. The summed E-state index contributed by atoms with van der Waals surface area (Å²) in [5, 5.41) is 1.09. The van der Waals surface area contributed by atoms with Crippen molar-refractivity contribution in [2.45, 2.75) is 40.5 Å². The van der Waals surface area contributed by atoms with E-state index in [-0.39, 0.29) is 6.61 Å². The molecule has 0 spiro atoms. The predicted octanol–water partition coefficient (Wildman–Crippen LogP) is 6.04. The van der Waals surface area contributed by atoms with Gasteiger partial charge in [-0.1, -0.05) is 37.6 Å². The van der Waals surface area contributed by atoms with Crippen LogP contribution in [0.25, 0.3) is 0 Å². The van der Waals surface area contributed by atoms with Crippen molar-refractivity contribution in [1.29, 1.82) is 0 Å². The van der Waals surface area contributed by atoms with Crippen molar-refractivity contribution in [3.63, 3.8) is 0 Å². The zero-order valence-corrected chi connectivity index (χ0v) is 16.9. The molecule has 0 N–H and O–H groups in total. The quantitative estimate of drug-likeness (QED) is 0.333. The van der Waals surface area contributed by atoms with E-state index in [1.807, 2.05) is 19.9 Å². The first-order chi connectivity index (χ1) is 12.4. The molecule has 1 saturated carbocycles. The number of hydrogen-bond acceptors (Lipinski definition) is 4. The minimum Gasteiger partial charge on any atom is -0.461 e. The van der Waals surface area contributed by atoms with E-state index in [9.17, 15) is 18.0 Å². The number of hydrogen-bond donors (Lipinski definition) is 0. The van der Waals surface area contributed by atoms with Crippen molar-refractivity contribution >= 4 is 40.6 Å². The van der Waals surface area contributed by atoms with E-state index in [1.54, 1.807) is 19.9 Å². The number of aryl methyl sites for hydroxylation is 1. The summed E-state index contributed by atoms with van der Waals surface area (Å²) in [5.74, 6) is -1.83. The fraction of sp³-hybridized carbons (Fsp3) is 0.474. The monoisotopic (exact) mass is 417 g/mol. The maximum Gasteiger partial charge on any atom is 0.426 e. The Labute approximate surface area is 166 Å². The van der Waals surface area contributed by atoms with Gasteiger partial charge in [0.1, 0.15) is 11.6 Å². The molecule has 0 radical (unpaired) electrons. The summed E-state index contributed by atoms with van der Waals surface area (Å²) in [7, 11) is 0. The molecule has 3 nitrogen and oxygen atoms in total. The van der Waals surface area contributed by atoms with E-state index in [0.717, 1.165) is 22.8 Å². The minimum atomic E-state index is -4.62. The van der Waals surface area contributed by atoms with E-state index in [1.165, 1.54) is 0 Å². The van der Waals surface area contributed by atoms with Crippen LogP contribution in [0.5, 0.6) is 0 Å². The first-order valence-corrected chi connectivity index (χ1v) is 8.98. The number of carbonyl (C=O) groups excluding carboxylic acids is 1. The van der Waals surface area contributed by atoms with Crippen LogP contribution in [0.1, 0.15) is 30.5 Å². The average molecular weight is 418 g/mol. The number of alkyl halides is 3. The second-order valence-electron chi connectivity index (χ2n) is 7.15. The zero-order chi connectivity index (χ0) is 20.6. The number of halogens is 4. The highest BCUT2D eigenvalue weighted by Crippen LogP contribution is 2.60. The lowest BCUT2D eigenvalue weighted by atomic mass is 10.0. The molecule has 1 aliphatic carbocycles. The number of ether oxygens (including phenoxy) is 1. The van der Waals surface area contributed by atoms with Gasteiger partial charge in [-0.15, -0.1) is 0 Å². The van der Waals surface area contributed by atoms with Crippen molar-refractivity contribution in [1.82, 2.24) is 0 Å². The van der Waals surface area contributed by atoms with Crippen molar-refractivity contribution in [2.24, 2.45) is 22.2 Å². The second-order valence-corrected chi connectivity index (χ2v) is 7.74. The third-order valence-corrected chi connectivity index (χ3v) is 5.52. The molecule has 2 unspecified atom stereocenters. The molecule has 0 amide bonds. The number of isothiocyanates is 1. The lowest BCUT2D eigenvalue weighted by Gasteiger charge is -2.12. The second kappa shape index (κ2) is 7.74. The van der Waals surface area contributed by atoms with Crippen molar-refractivity contribution in [2.75, 3.05) is 0 Å². The number of esters is 1. The molecule has 1 aromatic carbocycles. The van der Waals surface area contributed by atoms with Crippen LogP contribution in [-0.4, -0.2) is 17.3 Å². The number of carbonyl (C=O) groups is 1. The third-order valence-electron chi connectivity index (χ3n) is 5.09. The molecule has 27 heavy (non-hydrogen) atoms. The van der Waals surface area contributed by atoms with E-state index >= 15 is 0 Å². The van der Waals surface area contributed by atoms with Gasteiger partial charge in [-0.2, -0.15) is 18.2 Å². The molecule has 146 valence electrons. The highest BCUT2D eigenvalue weighted by Gasteiger charge is 2.62. The standard InChI is InChI=1S/C19H19ClF3NO2S/c1-10-5-6-14(24-9-27)11(2)12(10)8-26-17(25)16-13(18(16,3)4)7-15(20)19(21,22)23/h5-7,13,16H,8H2,1-4H3. The van der Waals surface area contributed by atoms with Gasteiger partial charge in [0.15, 0.2) is 0 Å². The van der Waals surface area contributed by atoms with Gasteiger partial charge in [-0.3, -0.25) is 4.79 Å². The van der Waals surface area contributed by atoms with Crippen LogP contribution in [0, 0.1) is 31.1 Å². The summed E-state index contributed by atoms with van der Waals surface area (Å²) in [6, 6.07) is 3.62. The van der Waals surface area contributed by atoms with Crippen molar-refractivity contribution < 1.29 is 22.7 Å².